The van der Waals surface area contributed by atoms with E-state index in [2.05, 4.69) is 10.1 Å². The molecule has 0 saturated carbocycles. The number of ether oxygens (including phenoxy) is 2. The van der Waals surface area contributed by atoms with Crippen LogP contribution in [0.3, 0.4) is 0 Å². The lowest BCUT2D eigenvalue weighted by molar-refractivity contribution is -0.150. The Morgan fingerprint density at radius 1 is 0.727 bits per heavy atom. The number of nitrogens with one attached hydrogen (secondary N) is 1. The third kappa shape index (κ3) is 5.47. The quantitative estimate of drug-likeness (QED) is 0.402. The molecule has 0 heterocycles. The van der Waals surface area contributed by atoms with Crippen molar-refractivity contribution in [2.75, 3.05) is 14.2 Å². The summed E-state index contributed by atoms with van der Waals surface area (Å²) < 4.78 is 9.45. The monoisotopic (exact) mass is 445 g/mol. The Labute approximate surface area is 193 Å². The van der Waals surface area contributed by atoms with E-state index in [4.69, 9.17) is 4.74 Å². The molecule has 0 fully saturated rings. The molecule has 3 rings (SSSR count). The Hall–Kier alpha value is -3.93. The minimum absolute atomic E-state index is 0.0136. The number of amides is 1. The zero-order valence-corrected chi connectivity index (χ0v) is 18.7. The number of carbonyl (C=O) groups excluding carboxylic acids is 3. The van der Waals surface area contributed by atoms with E-state index < -0.39 is 29.3 Å². The first-order valence-electron chi connectivity index (χ1n) is 10.6. The van der Waals surface area contributed by atoms with Gasteiger partial charge in [0.05, 0.1) is 26.1 Å². The van der Waals surface area contributed by atoms with Crippen molar-refractivity contribution in [1.82, 2.24) is 5.32 Å². The van der Waals surface area contributed by atoms with Gasteiger partial charge < -0.3 is 14.8 Å². The summed E-state index contributed by atoms with van der Waals surface area (Å²) in [6.07, 6.45) is -0.302. The number of hydrogen-bond donors (Lipinski definition) is 1. The highest BCUT2D eigenvalue weighted by Gasteiger charge is 2.39. The summed E-state index contributed by atoms with van der Waals surface area (Å²) in [5, 5.41) is 2.68. The molecule has 6 heteroatoms. The largest absolute Gasteiger partial charge is 0.469 e. The number of methoxy groups -OCH3 is 2. The Bertz CT molecular complexity index is 971. The molecule has 33 heavy (non-hydrogen) atoms. The summed E-state index contributed by atoms with van der Waals surface area (Å²) in [5.41, 5.74) is 1.97. The van der Waals surface area contributed by atoms with Gasteiger partial charge in [0, 0.05) is 6.42 Å². The van der Waals surface area contributed by atoms with Crippen molar-refractivity contribution < 1.29 is 23.9 Å². The molecule has 1 atom stereocenters. The fourth-order valence-corrected chi connectivity index (χ4v) is 4.05. The maximum Gasteiger partial charge on any atom is 0.328 e. The molecule has 0 radical (unpaired) electrons. The maximum atomic E-state index is 13.4. The third-order valence-corrected chi connectivity index (χ3v) is 5.64. The van der Waals surface area contributed by atoms with Gasteiger partial charge in [-0.25, -0.2) is 4.79 Å². The van der Waals surface area contributed by atoms with Crippen molar-refractivity contribution >= 4 is 17.8 Å². The van der Waals surface area contributed by atoms with Gasteiger partial charge in [-0.15, -0.1) is 0 Å². The van der Waals surface area contributed by atoms with E-state index >= 15 is 0 Å². The van der Waals surface area contributed by atoms with Gasteiger partial charge in [-0.05, 0) is 16.7 Å². The van der Waals surface area contributed by atoms with Crippen LogP contribution < -0.4 is 5.32 Å². The normalized spacial score (nSPS) is 11.8. The molecule has 0 aliphatic rings. The van der Waals surface area contributed by atoms with E-state index in [0.29, 0.717) is 0 Å². The Balaban J connectivity index is 2.07. The Morgan fingerprint density at radius 3 is 1.52 bits per heavy atom. The van der Waals surface area contributed by atoms with Crippen LogP contribution >= 0.6 is 0 Å². The summed E-state index contributed by atoms with van der Waals surface area (Å²) in [6, 6.07) is 28.1. The maximum absolute atomic E-state index is 13.4. The third-order valence-electron chi connectivity index (χ3n) is 5.64. The molecule has 0 aliphatic heterocycles. The average Bonchev–Trinajstić information content (AvgIpc) is 2.87. The van der Waals surface area contributed by atoms with Crippen molar-refractivity contribution in [3.05, 3.63) is 108 Å². The highest BCUT2D eigenvalue weighted by molar-refractivity contribution is 5.89. The Kier molecular flexibility index (Phi) is 7.97. The van der Waals surface area contributed by atoms with Gasteiger partial charge in [0.25, 0.3) is 0 Å². The van der Waals surface area contributed by atoms with Gasteiger partial charge in [-0.3, -0.25) is 9.59 Å². The van der Waals surface area contributed by atoms with Gasteiger partial charge in [0.1, 0.15) is 6.04 Å². The van der Waals surface area contributed by atoms with E-state index in [0.717, 1.165) is 16.7 Å². The second-order valence-electron chi connectivity index (χ2n) is 7.60. The number of hydrogen-bond acceptors (Lipinski definition) is 5. The van der Waals surface area contributed by atoms with Crippen molar-refractivity contribution in [3.63, 3.8) is 0 Å². The average molecular weight is 446 g/mol. The molecule has 170 valence electrons. The van der Waals surface area contributed by atoms with Gasteiger partial charge >= 0.3 is 11.9 Å². The minimum Gasteiger partial charge on any atom is -0.469 e. The molecular formula is C27H27NO5. The first-order valence-corrected chi connectivity index (χ1v) is 10.6. The van der Waals surface area contributed by atoms with Crippen molar-refractivity contribution in [3.8, 4) is 0 Å². The molecule has 6 nitrogen and oxygen atoms in total. The lowest BCUT2D eigenvalue weighted by Crippen LogP contribution is -2.46. The minimum atomic E-state index is -1.14. The molecule has 0 saturated heterocycles. The first kappa shape index (κ1) is 23.7. The predicted octanol–water partition coefficient (Wildman–Crippen LogP) is 3.63. The van der Waals surface area contributed by atoms with Crippen LogP contribution in [0.25, 0.3) is 0 Å². The van der Waals surface area contributed by atoms with Crippen molar-refractivity contribution in [1.29, 1.82) is 0 Å². The molecule has 0 unspecified atom stereocenters. The van der Waals surface area contributed by atoms with Crippen molar-refractivity contribution in [2.45, 2.75) is 24.3 Å². The molecule has 0 bridgehead atoms. The zero-order chi connectivity index (χ0) is 23.7. The smallest absolute Gasteiger partial charge is 0.328 e. The van der Waals surface area contributed by atoms with Gasteiger partial charge in [0.15, 0.2) is 0 Å². The van der Waals surface area contributed by atoms with E-state index in [1.54, 1.807) is 0 Å². The van der Waals surface area contributed by atoms with Crippen LogP contribution in [0.1, 0.15) is 29.5 Å². The zero-order valence-electron chi connectivity index (χ0n) is 18.7. The molecule has 0 aliphatic carbocycles. The van der Waals surface area contributed by atoms with Crippen LogP contribution in [-0.4, -0.2) is 38.1 Å². The summed E-state index contributed by atoms with van der Waals surface area (Å²) in [5.74, 6) is -1.73. The molecule has 3 aromatic rings. The van der Waals surface area contributed by atoms with Gasteiger partial charge in [0.2, 0.25) is 5.91 Å². The van der Waals surface area contributed by atoms with Crippen LogP contribution in [0.15, 0.2) is 91.0 Å². The fraction of sp³-hybridized carbons (Fsp3) is 0.222. The van der Waals surface area contributed by atoms with Crippen LogP contribution in [0.2, 0.25) is 0 Å². The van der Waals surface area contributed by atoms with E-state index in [-0.39, 0.29) is 12.8 Å². The molecule has 0 spiro atoms. The van der Waals surface area contributed by atoms with Crippen LogP contribution in [0.5, 0.6) is 0 Å². The summed E-state index contributed by atoms with van der Waals surface area (Å²) in [4.78, 5) is 37.4. The lowest BCUT2D eigenvalue weighted by atomic mass is 9.67. The highest BCUT2D eigenvalue weighted by Crippen LogP contribution is 2.42. The topological polar surface area (TPSA) is 81.7 Å². The van der Waals surface area contributed by atoms with Crippen LogP contribution in [-0.2, 0) is 29.3 Å². The van der Waals surface area contributed by atoms with Crippen LogP contribution in [0.4, 0.5) is 0 Å². The second kappa shape index (κ2) is 11.1. The number of carbonyl (C=O) groups is 3. The molecule has 1 N–H and O–H groups in total. The van der Waals surface area contributed by atoms with Crippen LogP contribution in [0, 0.1) is 0 Å². The van der Waals surface area contributed by atoms with Crippen molar-refractivity contribution in [2.24, 2.45) is 0 Å². The lowest BCUT2D eigenvalue weighted by Gasteiger charge is -2.36. The molecule has 1 amide bonds. The SMILES string of the molecule is COC(=O)C[C@@H](NC(=O)CC(c1ccccc1)(c1ccccc1)c1ccccc1)C(=O)OC. The second-order valence-corrected chi connectivity index (χ2v) is 7.60. The summed E-state index contributed by atoms with van der Waals surface area (Å²) in [7, 11) is 2.44. The van der Waals surface area contributed by atoms with Gasteiger partial charge in [-0.2, -0.15) is 0 Å². The summed E-state index contributed by atoms with van der Waals surface area (Å²) >= 11 is 0. The van der Waals surface area contributed by atoms with E-state index in [1.807, 2.05) is 91.0 Å². The van der Waals surface area contributed by atoms with E-state index in [9.17, 15) is 14.4 Å². The first-order chi connectivity index (χ1) is 16.0. The molecule has 0 aromatic heterocycles. The number of rotatable bonds is 9. The fourth-order valence-electron chi connectivity index (χ4n) is 4.05. The molecule has 3 aromatic carbocycles. The number of esters is 2. The highest BCUT2D eigenvalue weighted by atomic mass is 16.5. The molecular weight excluding hydrogens is 418 g/mol. The predicted molar refractivity (Wildman–Crippen MR) is 124 cm³/mol. The number of benzene rings is 3. The van der Waals surface area contributed by atoms with Gasteiger partial charge in [-0.1, -0.05) is 91.0 Å². The standard InChI is InChI=1S/C27H27NO5/c1-32-25(30)18-23(26(31)33-2)28-24(29)19-27(20-12-6-3-7-13-20,21-14-8-4-9-15-21)22-16-10-5-11-17-22/h3-17,23H,18-19H2,1-2H3,(H,28,29)/t23-/m1/s1. The Morgan fingerprint density at radius 2 is 1.15 bits per heavy atom. The van der Waals surface area contributed by atoms with E-state index in [1.165, 1.54) is 14.2 Å². The summed E-state index contributed by atoms with van der Waals surface area (Å²) in [6.45, 7) is 0.